The summed E-state index contributed by atoms with van der Waals surface area (Å²) in [7, 11) is -3.27. The van der Waals surface area contributed by atoms with Gasteiger partial charge in [-0.2, -0.15) is 0 Å². The van der Waals surface area contributed by atoms with E-state index in [1.54, 1.807) is 4.90 Å². The van der Waals surface area contributed by atoms with Crippen LogP contribution < -0.4 is 10.9 Å². The first-order valence-electron chi connectivity index (χ1n) is 13.6. The molecular formula is C27H36N6O5S2. The maximum absolute atomic E-state index is 13.6. The number of para-hydroxylation sites is 1. The number of fused-ring (bicyclic) bond motifs is 1. The summed E-state index contributed by atoms with van der Waals surface area (Å²) in [4.78, 5) is 40.7. The number of nitrogens with zero attached hydrogens (tertiary/aromatic N) is 4. The van der Waals surface area contributed by atoms with Gasteiger partial charge in [-0.3, -0.25) is 4.79 Å². The van der Waals surface area contributed by atoms with Crippen molar-refractivity contribution in [2.45, 2.75) is 64.0 Å². The highest BCUT2D eigenvalue weighted by Crippen LogP contribution is 2.34. The minimum atomic E-state index is -3.27. The number of carbonyl (C=O) groups is 1. The van der Waals surface area contributed by atoms with Crippen molar-refractivity contribution >= 4 is 43.5 Å². The molecule has 2 aliphatic heterocycles. The molecule has 5 rings (SSSR count). The average molecular weight is 589 g/mol. The fourth-order valence-corrected chi connectivity index (χ4v) is 7.09. The summed E-state index contributed by atoms with van der Waals surface area (Å²) in [5, 5.41) is 4.04. The molecular weight excluding hydrogens is 552 g/mol. The van der Waals surface area contributed by atoms with Gasteiger partial charge in [-0.05, 0) is 58.6 Å². The molecule has 0 radical (unpaired) electrons. The molecule has 0 spiro atoms. The van der Waals surface area contributed by atoms with Crippen LogP contribution in [0, 0.1) is 0 Å². The van der Waals surface area contributed by atoms with Gasteiger partial charge in [-0.25, -0.2) is 27.5 Å². The number of hydrogen-bond donors (Lipinski definition) is 2. The molecule has 0 saturated carbocycles. The smallest absolute Gasteiger partial charge is 0.410 e. The van der Waals surface area contributed by atoms with Gasteiger partial charge in [0.1, 0.15) is 27.8 Å². The molecule has 1 unspecified atom stereocenters. The van der Waals surface area contributed by atoms with E-state index in [1.807, 2.05) is 45.0 Å². The number of benzene rings is 1. The summed E-state index contributed by atoms with van der Waals surface area (Å²) in [6, 6.07) is 7.59. The maximum atomic E-state index is 13.6. The van der Waals surface area contributed by atoms with Crippen molar-refractivity contribution in [2.75, 3.05) is 37.8 Å². The van der Waals surface area contributed by atoms with E-state index in [4.69, 9.17) is 14.7 Å². The molecule has 4 heterocycles. The van der Waals surface area contributed by atoms with E-state index in [-0.39, 0.29) is 23.6 Å². The summed E-state index contributed by atoms with van der Waals surface area (Å²) < 4.78 is 32.0. The van der Waals surface area contributed by atoms with Crippen LogP contribution in [-0.4, -0.2) is 82.7 Å². The van der Waals surface area contributed by atoms with Crippen molar-refractivity contribution in [1.29, 1.82) is 0 Å². The molecule has 13 heteroatoms. The summed E-state index contributed by atoms with van der Waals surface area (Å²) in [5.41, 5.74) is 0.288. The molecule has 2 N–H and O–H groups in total. The molecule has 40 heavy (non-hydrogen) atoms. The second-order valence-corrected chi connectivity index (χ2v) is 14.5. The number of H-pyrrole nitrogens is 1. The molecule has 1 amide bonds. The zero-order valence-corrected chi connectivity index (χ0v) is 24.9. The van der Waals surface area contributed by atoms with E-state index in [0.29, 0.717) is 61.2 Å². The highest BCUT2D eigenvalue weighted by molar-refractivity contribution is 7.88. The van der Waals surface area contributed by atoms with Gasteiger partial charge in [0, 0.05) is 38.1 Å². The number of rotatable bonds is 5. The van der Waals surface area contributed by atoms with Crippen LogP contribution in [0.4, 0.5) is 10.6 Å². The van der Waals surface area contributed by atoms with Crippen molar-refractivity contribution in [1.82, 2.24) is 24.2 Å². The lowest BCUT2D eigenvalue weighted by molar-refractivity contribution is 0.0206. The van der Waals surface area contributed by atoms with Crippen LogP contribution in [0.5, 0.6) is 0 Å². The van der Waals surface area contributed by atoms with Gasteiger partial charge < -0.3 is 19.9 Å². The molecule has 2 fully saturated rings. The monoisotopic (exact) mass is 588 g/mol. The Bertz CT molecular complexity index is 1520. The minimum absolute atomic E-state index is 0.0831. The fraction of sp³-hybridized carbons (Fsp3) is 0.556. The first kappa shape index (κ1) is 28.5. The number of nitrogens with one attached hydrogen (secondary N) is 2. The van der Waals surface area contributed by atoms with E-state index >= 15 is 0 Å². The van der Waals surface area contributed by atoms with Gasteiger partial charge >= 0.3 is 6.09 Å². The van der Waals surface area contributed by atoms with Gasteiger partial charge in [0.25, 0.3) is 5.56 Å². The number of aromatic nitrogens is 3. The first-order chi connectivity index (χ1) is 18.9. The van der Waals surface area contributed by atoms with Gasteiger partial charge in [0.15, 0.2) is 0 Å². The van der Waals surface area contributed by atoms with E-state index in [1.165, 1.54) is 21.9 Å². The summed E-state index contributed by atoms with van der Waals surface area (Å²) in [6.45, 7) is 7.31. The molecule has 2 aliphatic rings. The Morgan fingerprint density at radius 1 is 1.12 bits per heavy atom. The molecule has 0 aliphatic carbocycles. The van der Waals surface area contributed by atoms with Crippen LogP contribution in [0.25, 0.3) is 20.8 Å². The lowest BCUT2D eigenvalue weighted by atomic mass is 9.97. The van der Waals surface area contributed by atoms with Crippen molar-refractivity contribution < 1.29 is 17.9 Å². The van der Waals surface area contributed by atoms with Crippen LogP contribution in [0.15, 0.2) is 29.1 Å². The lowest BCUT2D eigenvalue weighted by Crippen LogP contribution is -2.47. The zero-order chi connectivity index (χ0) is 28.7. The SMILES string of the molecule is CC(C)(C)OC(=O)N1CCCC(Nc2nc(C3CCN(S(C)(=O)=O)CC3)[nH]c(=O)c2-c2nc3ccccc3s2)C1. The Labute approximate surface area is 238 Å². The Kier molecular flexibility index (Phi) is 7.90. The molecule has 216 valence electrons. The number of likely N-dealkylation sites (tertiary alicyclic amines) is 1. The molecule has 11 nitrogen and oxygen atoms in total. The Balaban J connectivity index is 1.46. The number of hydrogen-bond acceptors (Lipinski definition) is 9. The Morgan fingerprint density at radius 3 is 2.52 bits per heavy atom. The maximum Gasteiger partial charge on any atom is 0.410 e. The molecule has 2 saturated heterocycles. The van der Waals surface area contributed by atoms with E-state index in [9.17, 15) is 18.0 Å². The number of piperidine rings is 2. The predicted octanol–water partition coefficient (Wildman–Crippen LogP) is 4.00. The molecule has 3 aromatic rings. The number of ether oxygens (including phenoxy) is 1. The third-order valence-corrected chi connectivity index (χ3v) is 9.53. The van der Waals surface area contributed by atoms with Crippen LogP contribution in [0.2, 0.25) is 0 Å². The van der Waals surface area contributed by atoms with Crippen LogP contribution in [-0.2, 0) is 14.8 Å². The third kappa shape index (κ3) is 6.47. The normalized spacial score (nSPS) is 19.6. The number of amides is 1. The predicted molar refractivity (Wildman–Crippen MR) is 156 cm³/mol. The number of anilines is 1. The minimum Gasteiger partial charge on any atom is -0.444 e. The topological polar surface area (TPSA) is 138 Å². The van der Waals surface area contributed by atoms with E-state index in [0.717, 1.165) is 23.1 Å². The van der Waals surface area contributed by atoms with Crippen molar-refractivity contribution in [2.24, 2.45) is 0 Å². The molecule has 0 bridgehead atoms. The quantitative estimate of drug-likeness (QED) is 0.456. The number of carbonyl (C=O) groups excluding carboxylic acids is 1. The summed E-state index contributed by atoms with van der Waals surface area (Å²) in [5.74, 6) is 0.880. The number of thiazole rings is 1. The molecule has 2 aromatic heterocycles. The first-order valence-corrected chi connectivity index (χ1v) is 16.2. The Hall–Kier alpha value is -3.03. The van der Waals surface area contributed by atoms with Gasteiger partial charge in [0.2, 0.25) is 10.0 Å². The highest BCUT2D eigenvalue weighted by atomic mass is 32.2. The second-order valence-electron chi connectivity index (χ2n) is 11.5. The van der Waals surface area contributed by atoms with E-state index in [2.05, 4.69) is 10.3 Å². The molecule has 1 aromatic carbocycles. The van der Waals surface area contributed by atoms with Gasteiger partial charge in [-0.1, -0.05) is 12.1 Å². The van der Waals surface area contributed by atoms with E-state index < -0.39 is 15.6 Å². The third-order valence-electron chi connectivity index (χ3n) is 7.17. The largest absolute Gasteiger partial charge is 0.444 e. The van der Waals surface area contributed by atoms with Crippen LogP contribution in [0.1, 0.15) is 58.2 Å². The number of aromatic amines is 1. The second kappa shape index (κ2) is 11.1. The van der Waals surface area contributed by atoms with Crippen molar-refractivity contribution in [3.8, 4) is 10.6 Å². The fourth-order valence-electron chi connectivity index (χ4n) is 5.21. The molecule has 1 atom stereocenters. The zero-order valence-electron chi connectivity index (χ0n) is 23.3. The van der Waals surface area contributed by atoms with Crippen molar-refractivity contribution in [3.05, 3.63) is 40.4 Å². The highest BCUT2D eigenvalue weighted by Gasteiger charge is 2.31. The number of sulfonamides is 1. The summed E-state index contributed by atoms with van der Waals surface area (Å²) in [6.07, 6.45) is 3.56. The van der Waals surface area contributed by atoms with Crippen molar-refractivity contribution in [3.63, 3.8) is 0 Å². The van der Waals surface area contributed by atoms with Crippen LogP contribution in [0.3, 0.4) is 0 Å². The van der Waals surface area contributed by atoms with Gasteiger partial charge in [-0.15, -0.1) is 11.3 Å². The average Bonchev–Trinajstić information content (AvgIpc) is 3.31. The standard InChI is InChI=1S/C27H36N6O5S2/c1-27(2,3)38-26(35)32-13-7-8-18(16-32)28-23-21(25-29-19-9-5-6-10-20(19)39-25)24(34)31-22(30-23)17-11-14-33(15-12-17)40(4,36)37/h5-6,9-10,17-18H,7-8,11-16H2,1-4H3,(H2,28,30,31,34). The van der Waals surface area contributed by atoms with Crippen LogP contribution >= 0.6 is 11.3 Å². The van der Waals surface area contributed by atoms with Gasteiger partial charge in [0.05, 0.1) is 16.5 Å². The lowest BCUT2D eigenvalue weighted by Gasteiger charge is -2.35. The Morgan fingerprint density at radius 2 is 1.85 bits per heavy atom. The summed E-state index contributed by atoms with van der Waals surface area (Å²) >= 11 is 1.43.